The van der Waals surface area contributed by atoms with Gasteiger partial charge in [-0.05, 0) is 12.8 Å². The van der Waals surface area contributed by atoms with Crippen molar-refractivity contribution in [2.24, 2.45) is 0 Å². The monoisotopic (exact) mass is 152 g/mol. The Hall–Kier alpha value is -0.990. The normalized spacial score (nSPS) is 29.6. The fourth-order valence-electron chi connectivity index (χ4n) is 1.72. The topological polar surface area (TPSA) is 32.3 Å². The molecular weight excluding hydrogens is 140 g/mol. The van der Waals surface area contributed by atoms with Gasteiger partial charge in [0.15, 0.2) is 0 Å². The van der Waals surface area contributed by atoms with Crippen LogP contribution >= 0.6 is 0 Å². The molecule has 0 unspecified atom stereocenters. The van der Waals surface area contributed by atoms with E-state index in [1.54, 1.807) is 0 Å². The van der Waals surface area contributed by atoms with E-state index in [4.69, 9.17) is 0 Å². The van der Waals surface area contributed by atoms with Crippen LogP contribution in [0.1, 0.15) is 12.8 Å². The number of hydrogen-bond donors (Lipinski definition) is 1. The molecule has 0 aliphatic carbocycles. The summed E-state index contributed by atoms with van der Waals surface area (Å²) < 4.78 is 0. The van der Waals surface area contributed by atoms with Crippen molar-refractivity contribution < 1.29 is 4.79 Å². The zero-order chi connectivity index (χ0) is 7.68. The molecule has 0 saturated carbocycles. The van der Waals surface area contributed by atoms with Crippen molar-refractivity contribution >= 4 is 6.03 Å². The Bertz CT molecular complexity index is 200. The Labute approximate surface area is 66.1 Å². The molecule has 1 saturated heterocycles. The fourth-order valence-corrected chi connectivity index (χ4v) is 1.72. The van der Waals surface area contributed by atoms with Crippen molar-refractivity contribution in [3.8, 4) is 0 Å². The second kappa shape index (κ2) is 2.57. The number of carbonyl (C=O) groups is 1. The summed E-state index contributed by atoms with van der Waals surface area (Å²) in [7, 11) is 0. The van der Waals surface area contributed by atoms with Gasteiger partial charge >= 0.3 is 6.03 Å². The van der Waals surface area contributed by atoms with E-state index < -0.39 is 0 Å². The van der Waals surface area contributed by atoms with Crippen LogP contribution in [0, 0.1) is 0 Å². The van der Waals surface area contributed by atoms with Gasteiger partial charge in [-0.3, -0.25) is 0 Å². The molecule has 11 heavy (non-hydrogen) atoms. The van der Waals surface area contributed by atoms with Crippen LogP contribution in [-0.2, 0) is 0 Å². The van der Waals surface area contributed by atoms with Crippen molar-refractivity contribution in [3.63, 3.8) is 0 Å². The second-order valence-electron chi connectivity index (χ2n) is 3.02. The van der Waals surface area contributed by atoms with E-state index in [0.717, 1.165) is 19.4 Å². The highest BCUT2D eigenvalue weighted by Gasteiger charge is 2.27. The molecule has 0 aromatic rings. The third kappa shape index (κ3) is 1.11. The third-order valence-corrected chi connectivity index (χ3v) is 2.29. The van der Waals surface area contributed by atoms with E-state index in [2.05, 4.69) is 11.4 Å². The van der Waals surface area contributed by atoms with Crippen LogP contribution in [0.4, 0.5) is 4.79 Å². The minimum Gasteiger partial charge on any atom is -0.335 e. The standard InChI is InChI=1S/C8H12N2O/c11-8-9-5-1-3-7-4-2-6-10(7)8/h1,3,7H,2,4-6H2,(H,9,11)/t7-/m0/s1. The quantitative estimate of drug-likeness (QED) is 0.510. The van der Waals surface area contributed by atoms with Crippen LogP contribution in [0.2, 0.25) is 0 Å². The average molecular weight is 152 g/mol. The van der Waals surface area contributed by atoms with Crippen molar-refractivity contribution in [2.75, 3.05) is 13.1 Å². The summed E-state index contributed by atoms with van der Waals surface area (Å²) in [6, 6.07) is 0.468. The van der Waals surface area contributed by atoms with Crippen LogP contribution in [0.15, 0.2) is 12.2 Å². The Morgan fingerprint density at radius 2 is 2.55 bits per heavy atom. The molecule has 1 atom stereocenters. The first-order valence-electron chi connectivity index (χ1n) is 4.09. The SMILES string of the molecule is O=C1NCC=C[C@H]2CCCN12. The number of urea groups is 1. The van der Waals surface area contributed by atoms with Crippen LogP contribution in [-0.4, -0.2) is 30.1 Å². The first-order chi connectivity index (χ1) is 5.38. The smallest absolute Gasteiger partial charge is 0.318 e. The van der Waals surface area contributed by atoms with Crippen molar-refractivity contribution in [1.29, 1.82) is 0 Å². The lowest BCUT2D eigenvalue weighted by molar-refractivity contribution is 0.203. The van der Waals surface area contributed by atoms with E-state index in [1.807, 2.05) is 11.0 Å². The maximum absolute atomic E-state index is 11.3. The van der Waals surface area contributed by atoms with Gasteiger partial charge in [-0.15, -0.1) is 0 Å². The number of nitrogens with one attached hydrogen (secondary N) is 1. The Kier molecular flexibility index (Phi) is 1.56. The van der Waals surface area contributed by atoms with Gasteiger partial charge in [0.25, 0.3) is 0 Å². The third-order valence-electron chi connectivity index (χ3n) is 2.29. The maximum Gasteiger partial charge on any atom is 0.318 e. The number of fused-ring (bicyclic) bond motifs is 1. The highest BCUT2D eigenvalue weighted by Crippen LogP contribution is 2.19. The molecular formula is C8H12N2O. The molecule has 2 rings (SSSR count). The maximum atomic E-state index is 11.3. The molecule has 0 aromatic carbocycles. The molecule has 0 spiro atoms. The molecule has 0 bridgehead atoms. The van der Waals surface area contributed by atoms with Gasteiger partial charge in [-0.25, -0.2) is 4.79 Å². The minimum absolute atomic E-state index is 0.0949. The van der Waals surface area contributed by atoms with Gasteiger partial charge in [-0.1, -0.05) is 12.2 Å². The van der Waals surface area contributed by atoms with E-state index in [0.29, 0.717) is 12.6 Å². The average Bonchev–Trinajstić information content (AvgIpc) is 2.40. The molecule has 1 N–H and O–H groups in total. The molecule has 3 heteroatoms. The zero-order valence-corrected chi connectivity index (χ0v) is 6.42. The van der Waals surface area contributed by atoms with E-state index in [9.17, 15) is 4.79 Å². The molecule has 2 aliphatic heterocycles. The molecule has 3 nitrogen and oxygen atoms in total. The molecule has 0 radical (unpaired) electrons. The van der Waals surface area contributed by atoms with Crippen LogP contribution in [0.25, 0.3) is 0 Å². The first kappa shape index (κ1) is 6.70. The first-order valence-corrected chi connectivity index (χ1v) is 4.09. The zero-order valence-electron chi connectivity index (χ0n) is 6.42. The Morgan fingerprint density at radius 1 is 1.64 bits per heavy atom. The van der Waals surface area contributed by atoms with Gasteiger partial charge in [0.1, 0.15) is 0 Å². The van der Waals surface area contributed by atoms with Crippen LogP contribution in [0.5, 0.6) is 0 Å². The predicted octanol–water partition coefficient (Wildman–Crippen LogP) is 0.730. The van der Waals surface area contributed by atoms with Gasteiger partial charge in [0.2, 0.25) is 0 Å². The second-order valence-corrected chi connectivity index (χ2v) is 3.02. The molecule has 2 aliphatic rings. The highest BCUT2D eigenvalue weighted by molar-refractivity contribution is 5.75. The molecule has 1 fully saturated rings. The highest BCUT2D eigenvalue weighted by atomic mass is 16.2. The van der Waals surface area contributed by atoms with Crippen molar-refractivity contribution in [1.82, 2.24) is 10.2 Å². The summed E-state index contributed by atoms with van der Waals surface area (Å²) in [5.74, 6) is 0. The molecule has 0 aromatic heterocycles. The van der Waals surface area contributed by atoms with Crippen molar-refractivity contribution in [3.05, 3.63) is 12.2 Å². The number of carbonyl (C=O) groups excluding carboxylic acids is 1. The minimum atomic E-state index is 0.0949. The summed E-state index contributed by atoms with van der Waals surface area (Å²) in [6.07, 6.45) is 6.44. The van der Waals surface area contributed by atoms with E-state index in [1.165, 1.54) is 0 Å². The summed E-state index contributed by atoms with van der Waals surface area (Å²) in [6.45, 7) is 1.60. The molecule has 2 amide bonds. The predicted molar refractivity (Wildman–Crippen MR) is 42.3 cm³/mol. The summed E-state index contributed by atoms with van der Waals surface area (Å²) in [5, 5.41) is 2.82. The largest absolute Gasteiger partial charge is 0.335 e. The van der Waals surface area contributed by atoms with E-state index >= 15 is 0 Å². The van der Waals surface area contributed by atoms with Gasteiger partial charge in [-0.2, -0.15) is 0 Å². The van der Waals surface area contributed by atoms with Gasteiger partial charge in [0.05, 0.1) is 6.04 Å². The summed E-state index contributed by atoms with van der Waals surface area (Å²) in [4.78, 5) is 13.2. The van der Waals surface area contributed by atoms with Crippen molar-refractivity contribution in [2.45, 2.75) is 18.9 Å². The van der Waals surface area contributed by atoms with Crippen LogP contribution in [0.3, 0.4) is 0 Å². The fraction of sp³-hybridized carbons (Fsp3) is 0.625. The Balaban J connectivity index is 2.17. The lowest BCUT2D eigenvalue weighted by Crippen LogP contribution is -2.40. The number of nitrogens with zero attached hydrogens (tertiary/aromatic N) is 1. The molecule has 2 heterocycles. The number of hydrogen-bond acceptors (Lipinski definition) is 1. The van der Waals surface area contributed by atoms with E-state index in [-0.39, 0.29) is 6.03 Å². The lowest BCUT2D eigenvalue weighted by Gasteiger charge is -2.19. The van der Waals surface area contributed by atoms with Gasteiger partial charge < -0.3 is 10.2 Å². The Morgan fingerprint density at radius 3 is 3.45 bits per heavy atom. The summed E-state index contributed by atoms with van der Waals surface area (Å²) >= 11 is 0. The summed E-state index contributed by atoms with van der Waals surface area (Å²) in [5.41, 5.74) is 0. The van der Waals surface area contributed by atoms with Gasteiger partial charge in [0, 0.05) is 13.1 Å². The van der Waals surface area contributed by atoms with Crippen LogP contribution < -0.4 is 5.32 Å². The number of rotatable bonds is 0. The lowest BCUT2D eigenvalue weighted by atomic mass is 10.2. The molecule has 60 valence electrons. The number of amides is 2.